The molecule has 1 aromatic carbocycles. The summed E-state index contributed by atoms with van der Waals surface area (Å²) in [4.78, 5) is 0. The Morgan fingerprint density at radius 1 is 1.28 bits per heavy atom. The molecule has 0 aliphatic heterocycles. The van der Waals surface area contributed by atoms with E-state index in [9.17, 15) is 0 Å². The fourth-order valence-electron chi connectivity index (χ4n) is 1.99. The zero-order valence-corrected chi connectivity index (χ0v) is 11.9. The fraction of sp³-hybridized carbons (Fsp3) is 0.308. The fourth-order valence-corrected chi connectivity index (χ4v) is 2.46. The van der Waals surface area contributed by atoms with Crippen LogP contribution in [0, 0.1) is 13.8 Å². The largest absolute Gasteiger partial charge is 0.326 e. The molecule has 0 spiro atoms. The number of benzene rings is 1. The molecule has 1 aromatic heterocycles. The van der Waals surface area contributed by atoms with Crippen LogP contribution in [0.25, 0.3) is 0 Å². The first kappa shape index (κ1) is 13.4. The number of rotatable bonds is 3. The van der Waals surface area contributed by atoms with Crippen molar-refractivity contribution in [1.29, 1.82) is 0 Å². The van der Waals surface area contributed by atoms with Crippen molar-refractivity contribution in [3.63, 3.8) is 0 Å². The van der Waals surface area contributed by atoms with Crippen molar-refractivity contribution >= 4 is 23.2 Å². The summed E-state index contributed by atoms with van der Waals surface area (Å²) >= 11 is 12.0. The number of nitrogens with two attached hydrogens (primary N) is 1. The Labute approximate surface area is 117 Å². The van der Waals surface area contributed by atoms with Crippen LogP contribution < -0.4 is 5.73 Å². The molecule has 0 aliphatic rings. The zero-order chi connectivity index (χ0) is 13.3. The minimum Gasteiger partial charge on any atom is -0.326 e. The van der Waals surface area contributed by atoms with E-state index in [1.807, 2.05) is 30.7 Å². The van der Waals surface area contributed by atoms with Crippen molar-refractivity contribution in [1.82, 2.24) is 9.78 Å². The van der Waals surface area contributed by atoms with Crippen molar-refractivity contribution in [2.75, 3.05) is 0 Å². The van der Waals surface area contributed by atoms with E-state index in [0.717, 1.165) is 22.5 Å². The third-order valence-corrected chi connectivity index (χ3v) is 3.66. The average molecular weight is 284 g/mol. The number of nitrogens with zero attached hydrogens (tertiary/aromatic N) is 2. The Morgan fingerprint density at radius 3 is 2.56 bits per heavy atom. The van der Waals surface area contributed by atoms with Crippen LogP contribution in [0.3, 0.4) is 0 Å². The summed E-state index contributed by atoms with van der Waals surface area (Å²) in [5.41, 5.74) is 9.86. The third kappa shape index (κ3) is 2.53. The van der Waals surface area contributed by atoms with Gasteiger partial charge in [0.05, 0.1) is 12.2 Å². The normalized spacial score (nSPS) is 10.9. The summed E-state index contributed by atoms with van der Waals surface area (Å²) in [6, 6.07) is 5.50. The van der Waals surface area contributed by atoms with Crippen molar-refractivity contribution in [2.24, 2.45) is 5.73 Å². The van der Waals surface area contributed by atoms with E-state index < -0.39 is 0 Å². The molecule has 0 aliphatic carbocycles. The second-order valence-electron chi connectivity index (χ2n) is 4.25. The molecule has 1 heterocycles. The highest BCUT2D eigenvalue weighted by molar-refractivity contribution is 6.35. The molecule has 2 aromatic rings. The molecule has 0 fully saturated rings. The summed E-state index contributed by atoms with van der Waals surface area (Å²) < 4.78 is 1.92. The van der Waals surface area contributed by atoms with Gasteiger partial charge in [-0.1, -0.05) is 29.3 Å². The summed E-state index contributed by atoms with van der Waals surface area (Å²) in [5, 5.41) is 5.78. The summed E-state index contributed by atoms with van der Waals surface area (Å²) in [7, 11) is 0. The van der Waals surface area contributed by atoms with Crippen LogP contribution in [-0.2, 0) is 13.1 Å². The Bertz CT molecular complexity index is 576. The number of hydrogen-bond acceptors (Lipinski definition) is 2. The summed E-state index contributed by atoms with van der Waals surface area (Å²) in [6.07, 6.45) is 0. The standard InChI is InChI=1S/C13H15Cl2N3/c1-8-12(6-16)9(2)18(17-8)7-10-3-4-11(14)5-13(10)15/h3-5H,6-7,16H2,1-2H3. The highest BCUT2D eigenvalue weighted by atomic mass is 35.5. The molecule has 96 valence electrons. The monoisotopic (exact) mass is 283 g/mol. The zero-order valence-electron chi connectivity index (χ0n) is 10.4. The molecular formula is C13H15Cl2N3. The summed E-state index contributed by atoms with van der Waals surface area (Å²) in [6.45, 7) is 5.12. The number of aryl methyl sites for hydroxylation is 1. The molecule has 0 unspecified atom stereocenters. The van der Waals surface area contributed by atoms with E-state index in [4.69, 9.17) is 28.9 Å². The van der Waals surface area contributed by atoms with Gasteiger partial charge in [0.2, 0.25) is 0 Å². The van der Waals surface area contributed by atoms with Gasteiger partial charge in [-0.15, -0.1) is 0 Å². The maximum Gasteiger partial charge on any atom is 0.0677 e. The number of halogens is 2. The predicted molar refractivity (Wildman–Crippen MR) is 75.2 cm³/mol. The lowest BCUT2D eigenvalue weighted by Crippen LogP contribution is -2.05. The van der Waals surface area contributed by atoms with Crippen LogP contribution in [-0.4, -0.2) is 9.78 Å². The first-order valence-electron chi connectivity index (χ1n) is 5.69. The van der Waals surface area contributed by atoms with E-state index in [1.165, 1.54) is 0 Å². The minimum absolute atomic E-state index is 0.506. The van der Waals surface area contributed by atoms with Gasteiger partial charge in [-0.3, -0.25) is 4.68 Å². The Hall–Kier alpha value is -1.03. The quantitative estimate of drug-likeness (QED) is 0.939. The highest BCUT2D eigenvalue weighted by Gasteiger charge is 2.11. The van der Waals surface area contributed by atoms with Crippen molar-refractivity contribution in [2.45, 2.75) is 26.9 Å². The highest BCUT2D eigenvalue weighted by Crippen LogP contribution is 2.23. The van der Waals surface area contributed by atoms with Crippen LogP contribution in [0.4, 0.5) is 0 Å². The lowest BCUT2D eigenvalue weighted by Gasteiger charge is -2.07. The van der Waals surface area contributed by atoms with Crippen molar-refractivity contribution in [3.8, 4) is 0 Å². The molecular weight excluding hydrogens is 269 g/mol. The lowest BCUT2D eigenvalue weighted by molar-refractivity contribution is 0.658. The Balaban J connectivity index is 2.34. The average Bonchev–Trinajstić information content (AvgIpc) is 2.58. The smallest absolute Gasteiger partial charge is 0.0677 e. The molecule has 0 radical (unpaired) electrons. The maximum atomic E-state index is 6.16. The van der Waals surface area contributed by atoms with Gasteiger partial charge < -0.3 is 5.73 Å². The first-order chi connectivity index (χ1) is 8.52. The van der Waals surface area contributed by atoms with Crippen molar-refractivity contribution < 1.29 is 0 Å². The van der Waals surface area contributed by atoms with Crippen LogP contribution in [0.1, 0.15) is 22.5 Å². The minimum atomic E-state index is 0.506. The molecule has 18 heavy (non-hydrogen) atoms. The molecule has 2 N–H and O–H groups in total. The van der Waals surface area contributed by atoms with Gasteiger partial charge in [0, 0.05) is 27.8 Å². The molecule has 0 saturated carbocycles. The van der Waals surface area contributed by atoms with Gasteiger partial charge >= 0.3 is 0 Å². The van der Waals surface area contributed by atoms with Crippen molar-refractivity contribution in [3.05, 3.63) is 50.8 Å². The maximum absolute atomic E-state index is 6.16. The second-order valence-corrected chi connectivity index (χ2v) is 5.09. The molecule has 0 amide bonds. The van der Waals surface area contributed by atoms with Gasteiger partial charge in [0.1, 0.15) is 0 Å². The molecule has 5 heteroatoms. The Kier molecular flexibility index (Phi) is 3.95. The predicted octanol–water partition coefficient (Wildman–Crippen LogP) is 3.31. The molecule has 0 bridgehead atoms. The van der Waals surface area contributed by atoms with Crippen LogP contribution >= 0.6 is 23.2 Å². The van der Waals surface area contributed by atoms with Gasteiger partial charge in [0.15, 0.2) is 0 Å². The van der Waals surface area contributed by atoms with Gasteiger partial charge in [-0.05, 0) is 31.5 Å². The van der Waals surface area contributed by atoms with E-state index in [-0.39, 0.29) is 0 Å². The third-order valence-electron chi connectivity index (χ3n) is 3.07. The Morgan fingerprint density at radius 2 is 2.00 bits per heavy atom. The topological polar surface area (TPSA) is 43.8 Å². The number of aromatic nitrogens is 2. The first-order valence-corrected chi connectivity index (χ1v) is 6.45. The molecule has 0 atom stereocenters. The van der Waals surface area contributed by atoms with E-state index >= 15 is 0 Å². The number of hydrogen-bond donors (Lipinski definition) is 1. The van der Waals surface area contributed by atoms with E-state index in [1.54, 1.807) is 6.07 Å². The summed E-state index contributed by atoms with van der Waals surface area (Å²) in [5.74, 6) is 0. The van der Waals surface area contributed by atoms with Crippen LogP contribution in [0.15, 0.2) is 18.2 Å². The van der Waals surface area contributed by atoms with E-state index in [0.29, 0.717) is 23.1 Å². The molecule has 3 nitrogen and oxygen atoms in total. The van der Waals surface area contributed by atoms with Gasteiger partial charge in [-0.2, -0.15) is 5.10 Å². The van der Waals surface area contributed by atoms with Crippen LogP contribution in [0.5, 0.6) is 0 Å². The van der Waals surface area contributed by atoms with Crippen LogP contribution in [0.2, 0.25) is 10.0 Å². The molecule has 0 saturated heterocycles. The van der Waals surface area contributed by atoms with E-state index in [2.05, 4.69) is 5.10 Å². The lowest BCUT2D eigenvalue weighted by atomic mass is 10.2. The second kappa shape index (κ2) is 5.31. The van der Waals surface area contributed by atoms with Gasteiger partial charge in [0.25, 0.3) is 0 Å². The SMILES string of the molecule is Cc1nn(Cc2ccc(Cl)cc2Cl)c(C)c1CN. The van der Waals surface area contributed by atoms with Gasteiger partial charge in [-0.25, -0.2) is 0 Å². The molecule has 2 rings (SSSR count).